The van der Waals surface area contributed by atoms with Gasteiger partial charge in [-0.1, -0.05) is 24.3 Å². The second kappa shape index (κ2) is 4.97. The summed E-state index contributed by atoms with van der Waals surface area (Å²) < 4.78 is 36.6. The average molecular weight is 261 g/mol. The first-order valence-corrected chi connectivity index (χ1v) is 5.28. The molecule has 0 aliphatic carbocycles. The van der Waals surface area contributed by atoms with Crippen LogP contribution in [0.4, 0.5) is 13.2 Å². The van der Waals surface area contributed by atoms with Crippen LogP contribution in [-0.2, 0) is 10.3 Å². The Kier molecular flexibility index (Phi) is 4.01. The molecule has 1 aromatic rings. The lowest BCUT2D eigenvalue weighted by molar-refractivity contribution is -0.150. The van der Waals surface area contributed by atoms with Crippen molar-refractivity contribution < 1.29 is 23.1 Å². The van der Waals surface area contributed by atoms with Crippen LogP contribution >= 0.6 is 0 Å². The van der Waals surface area contributed by atoms with Crippen LogP contribution in [0.15, 0.2) is 24.3 Å². The molecule has 0 spiro atoms. The normalized spacial score (nSPS) is 15.2. The number of rotatable bonds is 4. The number of benzene rings is 1. The summed E-state index contributed by atoms with van der Waals surface area (Å²) in [6.45, 7) is 1.53. The molecule has 0 heterocycles. The van der Waals surface area contributed by atoms with Crippen molar-refractivity contribution in [1.82, 2.24) is 5.32 Å². The number of carboxylic acids is 1. The molecule has 0 aromatic heterocycles. The summed E-state index contributed by atoms with van der Waals surface area (Å²) in [6.07, 6.45) is -4.46. The average Bonchev–Trinajstić information content (AvgIpc) is 2.25. The Morgan fingerprint density at radius 3 is 2.33 bits per heavy atom. The molecule has 100 valence electrons. The van der Waals surface area contributed by atoms with E-state index in [0.717, 1.165) is 0 Å². The maximum Gasteiger partial charge on any atom is 0.401 e. The number of hydrogen-bond acceptors (Lipinski definition) is 2. The highest BCUT2D eigenvalue weighted by atomic mass is 19.4. The Morgan fingerprint density at radius 2 is 1.89 bits per heavy atom. The first kappa shape index (κ1) is 14.5. The van der Waals surface area contributed by atoms with E-state index in [1.807, 2.05) is 0 Å². The van der Waals surface area contributed by atoms with E-state index in [4.69, 9.17) is 0 Å². The molecule has 0 aliphatic rings. The van der Waals surface area contributed by atoms with E-state index in [-0.39, 0.29) is 0 Å². The van der Waals surface area contributed by atoms with Gasteiger partial charge in [0.1, 0.15) is 5.54 Å². The van der Waals surface area contributed by atoms with E-state index < -0.39 is 24.2 Å². The quantitative estimate of drug-likeness (QED) is 0.875. The molecule has 0 amide bonds. The van der Waals surface area contributed by atoms with Gasteiger partial charge in [-0.3, -0.25) is 5.32 Å². The number of hydrogen-bond donors (Lipinski definition) is 2. The molecule has 0 bridgehead atoms. The van der Waals surface area contributed by atoms with Crippen LogP contribution in [0.25, 0.3) is 0 Å². The summed E-state index contributed by atoms with van der Waals surface area (Å²) in [6, 6.07) is 6.46. The molecule has 0 fully saturated rings. The second-order valence-electron chi connectivity index (χ2n) is 4.21. The second-order valence-corrected chi connectivity index (χ2v) is 4.21. The zero-order valence-corrected chi connectivity index (χ0v) is 10.0. The summed E-state index contributed by atoms with van der Waals surface area (Å²) in [5, 5.41) is 11.2. The van der Waals surface area contributed by atoms with Gasteiger partial charge in [-0.25, -0.2) is 4.79 Å². The van der Waals surface area contributed by atoms with Crippen LogP contribution in [-0.4, -0.2) is 23.8 Å². The SMILES string of the molecule is Cc1ccccc1C(C)(NCC(F)(F)F)C(=O)O. The van der Waals surface area contributed by atoms with Gasteiger partial charge in [-0.15, -0.1) is 0 Å². The Balaban J connectivity index is 3.09. The molecule has 1 rings (SSSR count). The minimum Gasteiger partial charge on any atom is -0.480 e. The molecule has 1 unspecified atom stereocenters. The number of alkyl halides is 3. The van der Waals surface area contributed by atoms with Gasteiger partial charge in [0.2, 0.25) is 0 Å². The van der Waals surface area contributed by atoms with E-state index in [0.29, 0.717) is 11.1 Å². The van der Waals surface area contributed by atoms with Crippen LogP contribution in [0, 0.1) is 6.92 Å². The zero-order valence-electron chi connectivity index (χ0n) is 10.0. The van der Waals surface area contributed by atoms with Crippen LogP contribution in [0.1, 0.15) is 18.1 Å². The van der Waals surface area contributed by atoms with Crippen molar-refractivity contribution >= 4 is 5.97 Å². The van der Waals surface area contributed by atoms with Crippen molar-refractivity contribution in [3.63, 3.8) is 0 Å². The van der Waals surface area contributed by atoms with Gasteiger partial charge in [0, 0.05) is 0 Å². The summed E-state index contributed by atoms with van der Waals surface area (Å²) in [4.78, 5) is 11.3. The summed E-state index contributed by atoms with van der Waals surface area (Å²) in [5.41, 5.74) is -0.820. The van der Waals surface area contributed by atoms with Gasteiger partial charge in [0.25, 0.3) is 0 Å². The molecule has 0 saturated heterocycles. The topological polar surface area (TPSA) is 49.3 Å². The predicted molar refractivity (Wildman–Crippen MR) is 60.2 cm³/mol. The first-order chi connectivity index (χ1) is 8.17. The van der Waals surface area contributed by atoms with Gasteiger partial charge in [0.15, 0.2) is 0 Å². The van der Waals surface area contributed by atoms with Crippen molar-refractivity contribution in [2.45, 2.75) is 25.6 Å². The summed E-state index contributed by atoms with van der Waals surface area (Å²) >= 11 is 0. The minimum atomic E-state index is -4.46. The third-order valence-electron chi connectivity index (χ3n) is 2.75. The fourth-order valence-corrected chi connectivity index (χ4v) is 1.70. The van der Waals surface area contributed by atoms with Crippen molar-refractivity contribution in [1.29, 1.82) is 0 Å². The van der Waals surface area contributed by atoms with Crippen molar-refractivity contribution in [3.05, 3.63) is 35.4 Å². The van der Waals surface area contributed by atoms with Gasteiger partial charge in [0.05, 0.1) is 6.54 Å². The lowest BCUT2D eigenvalue weighted by Gasteiger charge is -2.29. The third kappa shape index (κ3) is 3.22. The standard InChI is InChI=1S/C12H14F3NO2/c1-8-5-3-4-6-9(8)11(2,10(17)18)16-7-12(13,14)15/h3-6,16H,7H2,1-2H3,(H,17,18). The Hall–Kier alpha value is -1.56. The molecule has 2 N–H and O–H groups in total. The van der Waals surface area contributed by atoms with Crippen molar-refractivity contribution in [3.8, 4) is 0 Å². The fourth-order valence-electron chi connectivity index (χ4n) is 1.70. The maximum atomic E-state index is 12.2. The third-order valence-corrected chi connectivity index (χ3v) is 2.75. The van der Waals surface area contributed by atoms with Crippen LogP contribution < -0.4 is 5.32 Å². The number of aryl methyl sites for hydroxylation is 1. The van der Waals surface area contributed by atoms with Crippen molar-refractivity contribution in [2.24, 2.45) is 0 Å². The van der Waals surface area contributed by atoms with E-state index in [1.54, 1.807) is 25.1 Å². The lowest BCUT2D eigenvalue weighted by atomic mass is 9.88. The van der Waals surface area contributed by atoms with Crippen molar-refractivity contribution in [2.75, 3.05) is 6.54 Å². The highest BCUT2D eigenvalue weighted by Crippen LogP contribution is 2.26. The monoisotopic (exact) mass is 261 g/mol. The van der Waals surface area contributed by atoms with Gasteiger partial charge < -0.3 is 5.11 Å². The summed E-state index contributed by atoms with van der Waals surface area (Å²) in [5.74, 6) is -1.35. The van der Waals surface area contributed by atoms with Crippen LogP contribution in [0.3, 0.4) is 0 Å². The molecule has 3 nitrogen and oxygen atoms in total. The molecule has 6 heteroatoms. The lowest BCUT2D eigenvalue weighted by Crippen LogP contribution is -2.50. The Morgan fingerprint density at radius 1 is 1.33 bits per heavy atom. The van der Waals surface area contributed by atoms with Gasteiger partial charge in [-0.2, -0.15) is 13.2 Å². The Labute approximate surface area is 103 Å². The molecular weight excluding hydrogens is 247 g/mol. The smallest absolute Gasteiger partial charge is 0.401 e. The largest absolute Gasteiger partial charge is 0.480 e. The highest BCUT2D eigenvalue weighted by Gasteiger charge is 2.39. The molecule has 1 atom stereocenters. The zero-order chi connectivity index (χ0) is 14.0. The number of aliphatic carboxylic acids is 1. The Bertz CT molecular complexity index is 445. The summed E-state index contributed by atoms with van der Waals surface area (Å²) in [7, 11) is 0. The van der Waals surface area contributed by atoms with Crippen LogP contribution in [0.2, 0.25) is 0 Å². The van der Waals surface area contributed by atoms with Gasteiger partial charge >= 0.3 is 12.1 Å². The number of carbonyl (C=O) groups is 1. The van der Waals surface area contributed by atoms with E-state index >= 15 is 0 Å². The number of nitrogens with one attached hydrogen (secondary N) is 1. The van der Waals surface area contributed by atoms with Gasteiger partial charge in [-0.05, 0) is 25.0 Å². The highest BCUT2D eigenvalue weighted by molar-refractivity contribution is 5.80. The predicted octanol–water partition coefficient (Wildman–Crippen LogP) is 2.45. The van der Waals surface area contributed by atoms with E-state index in [2.05, 4.69) is 5.32 Å². The molecule has 0 radical (unpaired) electrons. The van der Waals surface area contributed by atoms with Crippen LogP contribution in [0.5, 0.6) is 0 Å². The molecule has 1 aromatic carbocycles. The molecule has 0 saturated carbocycles. The first-order valence-electron chi connectivity index (χ1n) is 5.28. The minimum absolute atomic E-state index is 0.321. The fraction of sp³-hybridized carbons (Fsp3) is 0.417. The maximum absolute atomic E-state index is 12.2. The van der Waals surface area contributed by atoms with E-state index in [9.17, 15) is 23.1 Å². The number of carboxylic acid groups (broad SMARTS) is 1. The molecular formula is C12H14F3NO2. The molecule has 18 heavy (non-hydrogen) atoms. The molecule has 0 aliphatic heterocycles. The number of halogens is 3. The van der Waals surface area contributed by atoms with E-state index in [1.165, 1.54) is 13.0 Å².